The SMILES string of the molecule is CCNC(C)c1ccc(OC2CCCCCC2O)c(Cl)c1. The Hall–Kier alpha value is -0.770. The molecule has 0 radical (unpaired) electrons. The molecule has 3 unspecified atom stereocenters. The Bertz CT molecular complexity index is 452. The molecule has 0 bridgehead atoms. The number of benzene rings is 1. The van der Waals surface area contributed by atoms with Gasteiger partial charge in [-0.15, -0.1) is 0 Å². The van der Waals surface area contributed by atoms with Gasteiger partial charge in [0.05, 0.1) is 11.1 Å². The van der Waals surface area contributed by atoms with Gasteiger partial charge in [0, 0.05) is 6.04 Å². The molecule has 3 atom stereocenters. The van der Waals surface area contributed by atoms with Gasteiger partial charge in [0.1, 0.15) is 11.9 Å². The molecule has 1 aromatic rings. The van der Waals surface area contributed by atoms with E-state index in [9.17, 15) is 5.11 Å². The minimum absolute atomic E-state index is 0.137. The predicted molar refractivity (Wildman–Crippen MR) is 87.1 cm³/mol. The summed E-state index contributed by atoms with van der Waals surface area (Å²) in [6.45, 7) is 5.12. The van der Waals surface area contributed by atoms with Gasteiger partial charge in [-0.2, -0.15) is 0 Å². The normalized spacial score (nSPS) is 24.4. The van der Waals surface area contributed by atoms with Crippen molar-refractivity contribution in [3.63, 3.8) is 0 Å². The van der Waals surface area contributed by atoms with Crippen LogP contribution in [0.3, 0.4) is 0 Å². The summed E-state index contributed by atoms with van der Waals surface area (Å²) in [6.07, 6.45) is 4.54. The maximum absolute atomic E-state index is 10.1. The quantitative estimate of drug-likeness (QED) is 0.805. The summed E-state index contributed by atoms with van der Waals surface area (Å²) in [5.74, 6) is 0.676. The second-order valence-electron chi connectivity index (χ2n) is 5.83. The van der Waals surface area contributed by atoms with Crippen molar-refractivity contribution in [3.8, 4) is 5.75 Å². The fourth-order valence-electron chi connectivity index (χ4n) is 2.86. The average molecular weight is 312 g/mol. The van der Waals surface area contributed by atoms with Gasteiger partial charge in [0.25, 0.3) is 0 Å². The van der Waals surface area contributed by atoms with E-state index in [1.54, 1.807) is 0 Å². The summed E-state index contributed by atoms with van der Waals surface area (Å²) in [5.41, 5.74) is 1.15. The first-order valence-electron chi connectivity index (χ1n) is 7.99. The van der Waals surface area contributed by atoms with E-state index in [0.717, 1.165) is 37.8 Å². The summed E-state index contributed by atoms with van der Waals surface area (Å²) in [4.78, 5) is 0. The minimum atomic E-state index is -0.385. The molecule has 0 saturated heterocycles. The van der Waals surface area contributed by atoms with Crippen LogP contribution in [0.2, 0.25) is 5.02 Å². The fourth-order valence-corrected chi connectivity index (χ4v) is 3.09. The molecular weight excluding hydrogens is 286 g/mol. The first kappa shape index (κ1) is 16.6. The largest absolute Gasteiger partial charge is 0.486 e. The highest BCUT2D eigenvalue weighted by Crippen LogP contribution is 2.31. The third-order valence-electron chi connectivity index (χ3n) is 4.16. The Morgan fingerprint density at radius 1 is 1.33 bits per heavy atom. The molecule has 0 aromatic heterocycles. The van der Waals surface area contributed by atoms with Crippen molar-refractivity contribution in [2.75, 3.05) is 6.54 Å². The molecule has 1 aliphatic carbocycles. The highest BCUT2D eigenvalue weighted by Gasteiger charge is 2.24. The van der Waals surface area contributed by atoms with E-state index >= 15 is 0 Å². The lowest BCUT2D eigenvalue weighted by Crippen LogP contribution is -2.30. The molecule has 0 aliphatic heterocycles. The monoisotopic (exact) mass is 311 g/mol. The van der Waals surface area contributed by atoms with Crippen LogP contribution < -0.4 is 10.1 Å². The molecule has 21 heavy (non-hydrogen) atoms. The standard InChI is InChI=1S/C17H26ClNO2/c1-3-19-12(2)13-9-10-16(14(18)11-13)21-17-8-6-4-5-7-15(17)20/h9-12,15,17,19-20H,3-8H2,1-2H3. The molecule has 1 fully saturated rings. The van der Waals surface area contributed by atoms with Gasteiger partial charge in [-0.1, -0.05) is 37.4 Å². The molecule has 2 rings (SSSR count). The van der Waals surface area contributed by atoms with Crippen molar-refractivity contribution >= 4 is 11.6 Å². The van der Waals surface area contributed by atoms with Crippen molar-refractivity contribution in [1.82, 2.24) is 5.32 Å². The Morgan fingerprint density at radius 3 is 2.81 bits per heavy atom. The zero-order chi connectivity index (χ0) is 15.2. The van der Waals surface area contributed by atoms with Gasteiger partial charge in [0.15, 0.2) is 0 Å². The Kier molecular flexibility index (Phi) is 6.34. The first-order chi connectivity index (χ1) is 10.1. The van der Waals surface area contributed by atoms with E-state index in [0.29, 0.717) is 10.8 Å². The molecule has 3 nitrogen and oxygen atoms in total. The fraction of sp³-hybridized carbons (Fsp3) is 0.647. The highest BCUT2D eigenvalue weighted by atomic mass is 35.5. The molecule has 0 spiro atoms. The Balaban J connectivity index is 2.06. The topological polar surface area (TPSA) is 41.5 Å². The number of rotatable bonds is 5. The molecular formula is C17H26ClNO2. The van der Waals surface area contributed by atoms with Crippen LogP contribution in [0.25, 0.3) is 0 Å². The van der Waals surface area contributed by atoms with Crippen molar-refractivity contribution in [1.29, 1.82) is 0 Å². The van der Waals surface area contributed by atoms with Crippen LogP contribution in [0.5, 0.6) is 5.75 Å². The second kappa shape index (κ2) is 8.02. The third kappa shape index (κ3) is 4.60. The Morgan fingerprint density at radius 2 is 2.10 bits per heavy atom. The summed E-state index contributed by atoms with van der Waals surface area (Å²) in [5, 5.41) is 14.1. The molecule has 0 amide bonds. The minimum Gasteiger partial charge on any atom is -0.486 e. The lowest BCUT2D eigenvalue weighted by atomic mass is 10.1. The maximum Gasteiger partial charge on any atom is 0.138 e. The number of ether oxygens (including phenoxy) is 1. The lowest BCUT2D eigenvalue weighted by Gasteiger charge is -2.23. The number of hydrogen-bond acceptors (Lipinski definition) is 3. The number of aliphatic hydroxyl groups excluding tert-OH is 1. The van der Waals surface area contributed by atoms with Crippen LogP contribution in [0.1, 0.15) is 57.6 Å². The average Bonchev–Trinajstić information content (AvgIpc) is 2.66. The molecule has 1 aliphatic rings. The Labute approximate surface area is 132 Å². The zero-order valence-electron chi connectivity index (χ0n) is 12.9. The summed E-state index contributed by atoms with van der Waals surface area (Å²) in [7, 11) is 0. The van der Waals surface area contributed by atoms with E-state index in [2.05, 4.69) is 19.2 Å². The van der Waals surface area contributed by atoms with E-state index in [4.69, 9.17) is 16.3 Å². The van der Waals surface area contributed by atoms with Crippen LogP contribution in [0.15, 0.2) is 18.2 Å². The third-order valence-corrected chi connectivity index (χ3v) is 4.46. The van der Waals surface area contributed by atoms with Gasteiger partial charge in [-0.25, -0.2) is 0 Å². The first-order valence-corrected chi connectivity index (χ1v) is 8.37. The molecule has 0 heterocycles. The second-order valence-corrected chi connectivity index (χ2v) is 6.24. The number of nitrogens with one attached hydrogen (secondary N) is 1. The molecule has 1 aromatic carbocycles. The number of hydrogen-bond donors (Lipinski definition) is 2. The molecule has 118 valence electrons. The van der Waals surface area contributed by atoms with Gasteiger partial charge < -0.3 is 15.2 Å². The lowest BCUT2D eigenvalue weighted by molar-refractivity contribution is 0.0320. The summed E-state index contributed by atoms with van der Waals surface area (Å²) in [6, 6.07) is 6.18. The van der Waals surface area contributed by atoms with Crippen molar-refractivity contribution in [2.45, 2.75) is 64.2 Å². The smallest absolute Gasteiger partial charge is 0.138 e. The maximum atomic E-state index is 10.1. The zero-order valence-corrected chi connectivity index (χ0v) is 13.7. The van der Waals surface area contributed by atoms with Gasteiger partial charge >= 0.3 is 0 Å². The van der Waals surface area contributed by atoms with E-state index in [1.165, 1.54) is 6.42 Å². The van der Waals surface area contributed by atoms with Crippen LogP contribution in [-0.4, -0.2) is 23.9 Å². The molecule has 2 N–H and O–H groups in total. The van der Waals surface area contributed by atoms with Gasteiger partial charge in [0.2, 0.25) is 0 Å². The van der Waals surface area contributed by atoms with Crippen molar-refractivity contribution in [3.05, 3.63) is 28.8 Å². The number of halogens is 1. The summed E-state index contributed by atoms with van der Waals surface area (Å²) < 4.78 is 5.97. The predicted octanol–water partition coefficient (Wildman–Crippen LogP) is 4.08. The van der Waals surface area contributed by atoms with Crippen LogP contribution in [-0.2, 0) is 0 Å². The van der Waals surface area contributed by atoms with Crippen molar-refractivity contribution < 1.29 is 9.84 Å². The van der Waals surface area contributed by atoms with E-state index in [1.807, 2.05) is 18.2 Å². The van der Waals surface area contributed by atoms with E-state index in [-0.39, 0.29) is 18.2 Å². The number of aliphatic hydroxyl groups is 1. The highest BCUT2D eigenvalue weighted by molar-refractivity contribution is 6.32. The molecule has 4 heteroatoms. The van der Waals surface area contributed by atoms with Crippen LogP contribution in [0.4, 0.5) is 0 Å². The van der Waals surface area contributed by atoms with Gasteiger partial charge in [-0.3, -0.25) is 0 Å². The van der Waals surface area contributed by atoms with Crippen LogP contribution in [0, 0.1) is 0 Å². The van der Waals surface area contributed by atoms with Crippen LogP contribution >= 0.6 is 11.6 Å². The van der Waals surface area contributed by atoms with Crippen molar-refractivity contribution in [2.24, 2.45) is 0 Å². The molecule has 1 saturated carbocycles. The summed E-state index contributed by atoms with van der Waals surface area (Å²) >= 11 is 6.35. The van der Waals surface area contributed by atoms with Gasteiger partial charge in [-0.05, 0) is 50.4 Å². The van der Waals surface area contributed by atoms with E-state index < -0.39 is 0 Å².